The van der Waals surface area contributed by atoms with Crippen LogP contribution in [0.4, 0.5) is 10.8 Å². The minimum Gasteiger partial charge on any atom is -0.360 e. The maximum Gasteiger partial charge on any atom is 0.246 e. The van der Waals surface area contributed by atoms with Gasteiger partial charge >= 0.3 is 0 Å². The molecule has 0 atom stereocenters. The Bertz CT molecular complexity index is 1020. The van der Waals surface area contributed by atoms with Crippen molar-refractivity contribution < 1.29 is 4.79 Å². The average Bonchev–Trinajstić information content (AvgIpc) is 3.36. The van der Waals surface area contributed by atoms with Gasteiger partial charge in [-0.3, -0.25) is 14.5 Å². The standard InChI is InChI=1S/C20H26N8OS.HI/c1-3-21-19(22-8-9-23-20-25-16-6-4-5-7-17(16)30-20)27-10-11-28(18(29)14-27)15-12-24-26(2)13-15;/h4-7,12-13H,3,8-11,14H2,1-2H3,(H,21,22)(H,23,25);1H. The Hall–Kier alpha value is -2.41. The fourth-order valence-electron chi connectivity index (χ4n) is 3.37. The third-order valence-electron chi connectivity index (χ3n) is 4.80. The van der Waals surface area contributed by atoms with Gasteiger partial charge in [0.2, 0.25) is 5.91 Å². The van der Waals surface area contributed by atoms with Gasteiger partial charge in [0.1, 0.15) is 6.54 Å². The van der Waals surface area contributed by atoms with Crippen LogP contribution in [0.5, 0.6) is 0 Å². The SMILES string of the molecule is CCNC(=NCCNc1nc2ccccc2s1)N1CCN(c2cnn(C)c2)C(=O)C1.I. The van der Waals surface area contributed by atoms with Gasteiger partial charge in [-0.2, -0.15) is 5.10 Å². The highest BCUT2D eigenvalue weighted by Crippen LogP contribution is 2.25. The number of para-hydroxylation sites is 1. The first-order chi connectivity index (χ1) is 14.6. The number of benzene rings is 1. The first kappa shape index (κ1) is 23.3. The number of hydrogen-bond acceptors (Lipinski definition) is 6. The summed E-state index contributed by atoms with van der Waals surface area (Å²) >= 11 is 1.64. The van der Waals surface area contributed by atoms with Gasteiger partial charge in [-0.05, 0) is 19.1 Å². The number of guanidine groups is 1. The average molecular weight is 554 g/mol. The molecule has 1 fully saturated rings. The number of rotatable bonds is 6. The van der Waals surface area contributed by atoms with E-state index >= 15 is 0 Å². The summed E-state index contributed by atoms with van der Waals surface area (Å²) in [6.45, 7) is 5.68. The monoisotopic (exact) mass is 554 g/mol. The van der Waals surface area contributed by atoms with Gasteiger partial charge in [-0.15, -0.1) is 24.0 Å². The molecule has 166 valence electrons. The highest BCUT2D eigenvalue weighted by atomic mass is 127. The number of carbonyl (C=O) groups is 1. The number of piperazine rings is 1. The van der Waals surface area contributed by atoms with Crippen molar-refractivity contribution in [2.24, 2.45) is 12.0 Å². The molecule has 4 rings (SSSR count). The molecule has 11 heteroatoms. The fraction of sp³-hybridized carbons (Fsp3) is 0.400. The van der Waals surface area contributed by atoms with Gasteiger partial charge in [-0.25, -0.2) is 4.98 Å². The summed E-state index contributed by atoms with van der Waals surface area (Å²) in [5, 5.41) is 11.7. The second-order valence-electron chi connectivity index (χ2n) is 6.99. The highest BCUT2D eigenvalue weighted by Gasteiger charge is 2.27. The second kappa shape index (κ2) is 10.8. The van der Waals surface area contributed by atoms with E-state index in [0.717, 1.165) is 35.4 Å². The molecule has 1 aliphatic heterocycles. The van der Waals surface area contributed by atoms with Crippen LogP contribution < -0.4 is 15.5 Å². The Morgan fingerprint density at radius 2 is 2.13 bits per heavy atom. The molecule has 31 heavy (non-hydrogen) atoms. The number of amides is 1. The molecule has 1 aromatic carbocycles. The van der Waals surface area contributed by atoms with Crippen molar-refractivity contribution in [3.05, 3.63) is 36.7 Å². The molecular weight excluding hydrogens is 527 g/mol. The summed E-state index contributed by atoms with van der Waals surface area (Å²) in [5.74, 6) is 0.815. The number of nitrogens with one attached hydrogen (secondary N) is 2. The second-order valence-corrected chi connectivity index (χ2v) is 8.02. The smallest absolute Gasteiger partial charge is 0.246 e. The van der Waals surface area contributed by atoms with Crippen LogP contribution in [0.3, 0.4) is 0 Å². The van der Waals surface area contributed by atoms with Crippen molar-refractivity contribution in [3.8, 4) is 0 Å². The lowest BCUT2D eigenvalue weighted by Crippen LogP contribution is -2.55. The van der Waals surface area contributed by atoms with Crippen LogP contribution in [0, 0.1) is 0 Å². The molecule has 0 aliphatic carbocycles. The number of carbonyl (C=O) groups excluding carboxylic acids is 1. The normalized spacial score (nSPS) is 14.6. The van der Waals surface area contributed by atoms with E-state index in [0.29, 0.717) is 26.2 Å². The van der Waals surface area contributed by atoms with Gasteiger partial charge in [0.05, 0.1) is 28.6 Å². The molecule has 1 amide bonds. The van der Waals surface area contributed by atoms with E-state index < -0.39 is 0 Å². The lowest BCUT2D eigenvalue weighted by molar-refractivity contribution is -0.120. The fourth-order valence-corrected chi connectivity index (χ4v) is 4.26. The van der Waals surface area contributed by atoms with Gasteiger partial charge < -0.3 is 20.4 Å². The Kier molecular flexibility index (Phi) is 8.07. The molecule has 0 bridgehead atoms. The zero-order chi connectivity index (χ0) is 20.9. The van der Waals surface area contributed by atoms with E-state index in [1.54, 1.807) is 27.1 Å². The number of halogens is 1. The summed E-state index contributed by atoms with van der Waals surface area (Å²) in [6, 6.07) is 8.10. The van der Waals surface area contributed by atoms with E-state index in [-0.39, 0.29) is 29.9 Å². The Balaban J connectivity index is 0.00000272. The summed E-state index contributed by atoms with van der Waals surface area (Å²) in [4.78, 5) is 25.7. The van der Waals surface area contributed by atoms with Crippen molar-refractivity contribution in [1.82, 2.24) is 25.0 Å². The zero-order valence-electron chi connectivity index (χ0n) is 17.6. The third-order valence-corrected chi connectivity index (χ3v) is 5.80. The topological polar surface area (TPSA) is 90.7 Å². The minimum atomic E-state index is 0. The maximum atomic E-state index is 12.7. The molecule has 0 saturated carbocycles. The number of aromatic nitrogens is 3. The predicted molar refractivity (Wildman–Crippen MR) is 137 cm³/mol. The van der Waals surface area contributed by atoms with E-state index in [9.17, 15) is 4.79 Å². The van der Waals surface area contributed by atoms with Crippen molar-refractivity contribution in [2.45, 2.75) is 6.92 Å². The largest absolute Gasteiger partial charge is 0.360 e. The van der Waals surface area contributed by atoms with Crippen LogP contribution >= 0.6 is 35.3 Å². The molecule has 0 spiro atoms. The highest BCUT2D eigenvalue weighted by molar-refractivity contribution is 14.0. The van der Waals surface area contributed by atoms with E-state index in [2.05, 4.69) is 26.8 Å². The van der Waals surface area contributed by atoms with E-state index in [4.69, 9.17) is 4.99 Å². The number of hydrogen-bond donors (Lipinski definition) is 2. The molecule has 3 aromatic rings. The van der Waals surface area contributed by atoms with Gasteiger partial charge in [0.25, 0.3) is 0 Å². The predicted octanol–water partition coefficient (Wildman–Crippen LogP) is 2.37. The summed E-state index contributed by atoms with van der Waals surface area (Å²) in [5.41, 5.74) is 1.84. The third kappa shape index (κ3) is 5.64. The first-order valence-electron chi connectivity index (χ1n) is 10.1. The number of aryl methyl sites for hydroxylation is 1. The molecule has 2 aromatic heterocycles. The number of nitrogens with zero attached hydrogens (tertiary/aromatic N) is 6. The van der Waals surface area contributed by atoms with Crippen molar-refractivity contribution >= 4 is 68.2 Å². The molecule has 9 nitrogen and oxygen atoms in total. The van der Waals surface area contributed by atoms with Crippen molar-refractivity contribution in [3.63, 3.8) is 0 Å². The molecule has 3 heterocycles. The summed E-state index contributed by atoms with van der Waals surface area (Å²) in [7, 11) is 1.85. The minimum absolute atomic E-state index is 0. The lowest BCUT2D eigenvalue weighted by Gasteiger charge is -2.35. The Morgan fingerprint density at radius 3 is 2.84 bits per heavy atom. The van der Waals surface area contributed by atoms with Crippen molar-refractivity contribution in [2.75, 3.05) is 49.5 Å². The lowest BCUT2D eigenvalue weighted by atomic mass is 10.3. The molecular formula is C20H27IN8OS. The molecule has 1 aliphatic rings. The quantitative estimate of drug-likeness (QED) is 0.211. The summed E-state index contributed by atoms with van der Waals surface area (Å²) in [6.07, 6.45) is 3.58. The van der Waals surface area contributed by atoms with Gasteiger partial charge in [0, 0.05) is 39.4 Å². The first-order valence-corrected chi connectivity index (χ1v) is 10.9. The number of fused-ring (bicyclic) bond motifs is 1. The van der Waals surface area contributed by atoms with Crippen LogP contribution in [0.15, 0.2) is 41.7 Å². The van der Waals surface area contributed by atoms with Gasteiger partial charge in [0.15, 0.2) is 11.1 Å². The zero-order valence-corrected chi connectivity index (χ0v) is 20.8. The number of anilines is 2. The Labute approximate surface area is 202 Å². The molecule has 0 radical (unpaired) electrons. The van der Waals surface area contributed by atoms with Crippen LogP contribution in [0.2, 0.25) is 0 Å². The molecule has 2 N–H and O–H groups in total. The van der Waals surface area contributed by atoms with Crippen LogP contribution in [0.25, 0.3) is 10.2 Å². The van der Waals surface area contributed by atoms with E-state index in [1.165, 1.54) is 4.70 Å². The van der Waals surface area contributed by atoms with Crippen molar-refractivity contribution in [1.29, 1.82) is 0 Å². The van der Waals surface area contributed by atoms with Crippen LogP contribution in [-0.4, -0.2) is 70.8 Å². The summed E-state index contributed by atoms with van der Waals surface area (Å²) < 4.78 is 2.88. The van der Waals surface area contributed by atoms with Crippen LogP contribution in [-0.2, 0) is 11.8 Å². The van der Waals surface area contributed by atoms with Crippen LogP contribution in [0.1, 0.15) is 6.92 Å². The molecule has 0 unspecified atom stereocenters. The number of thiazole rings is 1. The van der Waals surface area contributed by atoms with E-state index in [1.807, 2.05) is 43.3 Å². The maximum absolute atomic E-state index is 12.7. The molecule has 1 saturated heterocycles. The van der Waals surface area contributed by atoms with Gasteiger partial charge in [-0.1, -0.05) is 23.5 Å². The number of aliphatic imine (C=N–C) groups is 1. The Morgan fingerprint density at radius 1 is 1.29 bits per heavy atom.